The summed E-state index contributed by atoms with van der Waals surface area (Å²) >= 11 is 0. The predicted molar refractivity (Wildman–Crippen MR) is 130 cm³/mol. The molecule has 1 fully saturated rings. The topological polar surface area (TPSA) is 130 Å². The summed E-state index contributed by atoms with van der Waals surface area (Å²) in [4.78, 5) is 41.6. The number of Topliss-reactive ketones (excluding diaryl/α,β-unsaturated/α-hetero) is 1. The van der Waals surface area contributed by atoms with Gasteiger partial charge in [-0.2, -0.15) is 0 Å². The molecule has 0 radical (unpaired) electrons. The van der Waals surface area contributed by atoms with Gasteiger partial charge in [0.25, 0.3) is 0 Å². The minimum atomic E-state index is -0.169. The summed E-state index contributed by atoms with van der Waals surface area (Å²) in [5, 5.41) is 13.3. The Kier molecular flexibility index (Phi) is 6.60. The number of nitrogens with zero attached hydrogens (tertiary/aromatic N) is 3. The van der Waals surface area contributed by atoms with Crippen LogP contribution in [-0.4, -0.2) is 62.0 Å². The summed E-state index contributed by atoms with van der Waals surface area (Å²) in [7, 11) is 0. The molecular weight excluding hydrogens is 446 g/mol. The number of hydrogen-bond acceptors (Lipinski definition) is 8. The molecule has 1 saturated heterocycles. The van der Waals surface area contributed by atoms with Crippen LogP contribution in [0.3, 0.4) is 0 Å². The van der Waals surface area contributed by atoms with Crippen LogP contribution in [0.2, 0.25) is 0 Å². The number of ketones is 2. The highest BCUT2D eigenvalue weighted by Gasteiger charge is 2.24. The molecule has 5 rings (SSSR count). The molecule has 0 saturated carbocycles. The summed E-state index contributed by atoms with van der Waals surface area (Å²) in [6.07, 6.45) is 6.33. The van der Waals surface area contributed by atoms with Gasteiger partial charge in [0.05, 0.1) is 36.3 Å². The molecule has 4 heterocycles. The van der Waals surface area contributed by atoms with E-state index in [-0.39, 0.29) is 36.7 Å². The number of aromatic amines is 1. The van der Waals surface area contributed by atoms with Crippen molar-refractivity contribution in [3.05, 3.63) is 83.6 Å². The number of H-pyrrole nitrogens is 1. The summed E-state index contributed by atoms with van der Waals surface area (Å²) in [6.45, 7) is 0.458. The van der Waals surface area contributed by atoms with E-state index in [2.05, 4.69) is 25.3 Å². The highest BCUT2D eigenvalue weighted by atomic mass is 16.5. The molecule has 3 aromatic heterocycles. The van der Waals surface area contributed by atoms with Gasteiger partial charge in [-0.05, 0) is 30.5 Å². The number of carbonyl (C=O) groups is 2. The molecule has 35 heavy (non-hydrogen) atoms. The highest BCUT2D eigenvalue weighted by Crippen LogP contribution is 2.27. The van der Waals surface area contributed by atoms with Crippen molar-refractivity contribution < 1.29 is 19.4 Å². The molecule has 0 spiro atoms. The fraction of sp³-hybridized carbons (Fsp3) is 0.269. The number of benzene rings is 1. The fourth-order valence-corrected chi connectivity index (χ4v) is 4.24. The van der Waals surface area contributed by atoms with Gasteiger partial charge in [0, 0.05) is 24.4 Å². The quantitative estimate of drug-likeness (QED) is 0.335. The first-order valence-corrected chi connectivity index (χ1v) is 11.5. The zero-order chi connectivity index (χ0) is 24.2. The molecule has 4 aromatic rings. The molecule has 3 N–H and O–H groups in total. The summed E-state index contributed by atoms with van der Waals surface area (Å²) in [6, 6.07) is 12.3. The van der Waals surface area contributed by atoms with Gasteiger partial charge in [0.2, 0.25) is 0 Å². The number of nitrogens with one attached hydrogen (secondary N) is 2. The summed E-state index contributed by atoms with van der Waals surface area (Å²) in [5.74, 6) is 0.316. The molecule has 1 aliphatic heterocycles. The lowest BCUT2D eigenvalue weighted by atomic mass is 9.99. The van der Waals surface area contributed by atoms with Gasteiger partial charge in [-0.3, -0.25) is 14.6 Å². The van der Waals surface area contributed by atoms with Gasteiger partial charge in [-0.15, -0.1) is 0 Å². The smallest absolute Gasteiger partial charge is 0.195 e. The van der Waals surface area contributed by atoms with E-state index < -0.39 is 0 Å². The third-order valence-electron chi connectivity index (χ3n) is 6.16. The molecule has 0 bridgehead atoms. The average molecular weight is 472 g/mol. The Labute approximate surface area is 201 Å². The Balaban J connectivity index is 1.34. The standard InChI is InChI=1S/C26H25N5O4/c32-13-19-9-8-18(14-35-19)31-26-23-20(12-28-25(23)29-15-30-26)24(34)17-6-4-16(5-7-17)11-22(33)21-3-1-2-10-27-21/h1-7,10,12,15,18-19,32H,8-9,11,13-14H2,(H2,28,29,30,31)/t18-,19-/m0/s1. The maximum atomic E-state index is 13.4. The van der Waals surface area contributed by atoms with Crippen molar-refractivity contribution in [2.75, 3.05) is 18.5 Å². The molecule has 1 aromatic carbocycles. The lowest BCUT2D eigenvalue weighted by molar-refractivity contribution is -0.0224. The van der Waals surface area contributed by atoms with Crippen LogP contribution in [0.25, 0.3) is 11.0 Å². The molecule has 1 aliphatic rings. The predicted octanol–water partition coefficient (Wildman–Crippen LogP) is 2.96. The van der Waals surface area contributed by atoms with E-state index in [1.165, 1.54) is 6.33 Å². The fourth-order valence-electron chi connectivity index (χ4n) is 4.24. The molecule has 0 amide bonds. The van der Waals surface area contributed by atoms with Crippen molar-refractivity contribution in [3.8, 4) is 0 Å². The van der Waals surface area contributed by atoms with Crippen molar-refractivity contribution >= 4 is 28.4 Å². The Morgan fingerprint density at radius 1 is 1.09 bits per heavy atom. The second-order valence-corrected chi connectivity index (χ2v) is 8.55. The van der Waals surface area contributed by atoms with Crippen LogP contribution in [0.4, 0.5) is 5.82 Å². The number of aromatic nitrogens is 4. The summed E-state index contributed by atoms with van der Waals surface area (Å²) < 4.78 is 5.66. The van der Waals surface area contributed by atoms with Gasteiger partial charge in [-0.1, -0.05) is 30.3 Å². The Morgan fingerprint density at radius 3 is 2.66 bits per heavy atom. The highest BCUT2D eigenvalue weighted by molar-refractivity contribution is 6.18. The van der Waals surface area contributed by atoms with Crippen LogP contribution in [0.15, 0.2) is 61.2 Å². The second-order valence-electron chi connectivity index (χ2n) is 8.55. The zero-order valence-electron chi connectivity index (χ0n) is 19.0. The third-order valence-corrected chi connectivity index (χ3v) is 6.16. The summed E-state index contributed by atoms with van der Waals surface area (Å²) in [5.41, 5.74) is 2.75. The third kappa shape index (κ3) is 4.96. The Morgan fingerprint density at radius 2 is 1.94 bits per heavy atom. The molecule has 178 valence electrons. The maximum absolute atomic E-state index is 13.4. The van der Waals surface area contributed by atoms with Gasteiger partial charge in [0.1, 0.15) is 23.5 Å². The SMILES string of the molecule is O=C(Cc1ccc(C(=O)c2c[nH]c3ncnc(N[C@H]4CC[C@@H](CO)OC4)c23)cc1)c1ccccn1. The minimum absolute atomic E-state index is 0.0109. The van der Waals surface area contributed by atoms with Crippen molar-refractivity contribution in [3.63, 3.8) is 0 Å². The second kappa shape index (κ2) is 10.1. The molecule has 0 unspecified atom stereocenters. The monoisotopic (exact) mass is 471 g/mol. The van der Waals surface area contributed by atoms with Crippen LogP contribution in [0, 0.1) is 0 Å². The van der Waals surface area contributed by atoms with E-state index in [1.54, 1.807) is 54.9 Å². The van der Waals surface area contributed by atoms with E-state index in [0.29, 0.717) is 40.3 Å². The molecule has 9 nitrogen and oxygen atoms in total. The maximum Gasteiger partial charge on any atom is 0.195 e. The van der Waals surface area contributed by atoms with Gasteiger partial charge >= 0.3 is 0 Å². The largest absolute Gasteiger partial charge is 0.394 e. The first-order valence-electron chi connectivity index (χ1n) is 11.5. The number of aliphatic hydroxyl groups is 1. The number of rotatable bonds is 8. The molecule has 0 aliphatic carbocycles. The number of aliphatic hydroxyl groups excluding tert-OH is 1. The number of carbonyl (C=O) groups excluding carboxylic acids is 2. The van der Waals surface area contributed by atoms with Gasteiger partial charge in [0.15, 0.2) is 11.6 Å². The van der Waals surface area contributed by atoms with E-state index in [4.69, 9.17) is 4.74 Å². The van der Waals surface area contributed by atoms with E-state index in [0.717, 1.165) is 18.4 Å². The number of pyridine rings is 1. The molecule has 9 heteroatoms. The average Bonchev–Trinajstić information content (AvgIpc) is 3.35. The van der Waals surface area contributed by atoms with E-state index >= 15 is 0 Å². The van der Waals surface area contributed by atoms with Crippen LogP contribution in [0.5, 0.6) is 0 Å². The lowest BCUT2D eigenvalue weighted by Gasteiger charge is -2.29. The van der Waals surface area contributed by atoms with Crippen molar-refractivity contribution in [1.29, 1.82) is 0 Å². The number of anilines is 1. The Bertz CT molecular complexity index is 1330. The van der Waals surface area contributed by atoms with Crippen LogP contribution in [0.1, 0.15) is 44.8 Å². The van der Waals surface area contributed by atoms with Crippen LogP contribution in [-0.2, 0) is 11.2 Å². The first-order chi connectivity index (χ1) is 17.1. The molecular formula is C26H25N5O4. The van der Waals surface area contributed by atoms with Gasteiger partial charge < -0.3 is 20.1 Å². The lowest BCUT2D eigenvalue weighted by Crippen LogP contribution is -2.36. The molecule has 2 atom stereocenters. The minimum Gasteiger partial charge on any atom is -0.394 e. The van der Waals surface area contributed by atoms with Crippen LogP contribution >= 0.6 is 0 Å². The van der Waals surface area contributed by atoms with Gasteiger partial charge in [-0.25, -0.2) is 9.97 Å². The van der Waals surface area contributed by atoms with Crippen molar-refractivity contribution in [2.24, 2.45) is 0 Å². The van der Waals surface area contributed by atoms with E-state index in [1.807, 2.05) is 0 Å². The van der Waals surface area contributed by atoms with Crippen LogP contribution < -0.4 is 5.32 Å². The zero-order valence-corrected chi connectivity index (χ0v) is 19.0. The van der Waals surface area contributed by atoms with Crippen molar-refractivity contribution in [2.45, 2.75) is 31.4 Å². The normalized spacial score (nSPS) is 17.9. The number of fused-ring (bicyclic) bond motifs is 1. The first kappa shape index (κ1) is 22.8. The Hall–Kier alpha value is -3.95. The number of ether oxygens (including phenoxy) is 1. The van der Waals surface area contributed by atoms with E-state index in [9.17, 15) is 14.7 Å². The number of hydrogen-bond donors (Lipinski definition) is 3. The van der Waals surface area contributed by atoms with Crippen molar-refractivity contribution in [1.82, 2.24) is 19.9 Å².